The van der Waals surface area contributed by atoms with Crippen LogP contribution in [0.15, 0.2) is 28.8 Å². The van der Waals surface area contributed by atoms with Crippen molar-refractivity contribution in [2.75, 3.05) is 7.05 Å². The summed E-state index contributed by atoms with van der Waals surface area (Å²) in [4.78, 5) is 6.62. The molecule has 0 spiro atoms. The molecular formula is C15H18N4OS. The van der Waals surface area contributed by atoms with E-state index in [4.69, 9.17) is 4.52 Å². The van der Waals surface area contributed by atoms with Crippen molar-refractivity contribution in [1.82, 2.24) is 19.4 Å². The van der Waals surface area contributed by atoms with Crippen molar-refractivity contribution in [3.63, 3.8) is 0 Å². The molecule has 0 amide bonds. The minimum atomic E-state index is 0.447. The van der Waals surface area contributed by atoms with Crippen molar-refractivity contribution in [3.05, 3.63) is 41.7 Å². The highest BCUT2D eigenvalue weighted by Gasteiger charge is 2.13. The van der Waals surface area contributed by atoms with Crippen LogP contribution in [0.4, 0.5) is 0 Å². The molecule has 0 atom stereocenters. The molecule has 2 aromatic heterocycles. The summed E-state index contributed by atoms with van der Waals surface area (Å²) in [7, 11) is 2.04. The molecule has 0 bridgehead atoms. The molecule has 3 rings (SSSR count). The molecule has 0 aliphatic rings. The number of fused-ring (bicyclic) bond motifs is 1. The number of hydrogen-bond donors (Lipinski definition) is 0. The van der Waals surface area contributed by atoms with Gasteiger partial charge in [-0.15, -0.1) is 0 Å². The molecule has 2 heterocycles. The Morgan fingerprint density at radius 1 is 1.29 bits per heavy atom. The van der Waals surface area contributed by atoms with Crippen LogP contribution in [0, 0.1) is 0 Å². The first-order valence-corrected chi connectivity index (χ1v) is 7.76. The Labute approximate surface area is 127 Å². The third-order valence-electron chi connectivity index (χ3n) is 3.55. The second-order valence-electron chi connectivity index (χ2n) is 5.42. The van der Waals surface area contributed by atoms with E-state index in [0.29, 0.717) is 30.7 Å². The Bertz CT molecular complexity index is 734. The zero-order chi connectivity index (χ0) is 14.8. The van der Waals surface area contributed by atoms with E-state index in [1.54, 1.807) is 0 Å². The molecule has 1 aromatic carbocycles. The van der Waals surface area contributed by atoms with Gasteiger partial charge in [0.15, 0.2) is 5.82 Å². The Balaban J connectivity index is 1.75. The monoisotopic (exact) mass is 302 g/mol. The molecule has 0 aliphatic heterocycles. The van der Waals surface area contributed by atoms with Gasteiger partial charge in [0.2, 0.25) is 5.89 Å². The molecule has 110 valence electrons. The molecule has 3 aromatic rings. The highest BCUT2D eigenvalue weighted by Crippen LogP contribution is 2.23. The number of nitrogens with zero attached hydrogens (tertiary/aromatic N) is 4. The number of aromatic nitrogens is 3. The predicted molar refractivity (Wildman–Crippen MR) is 83.3 cm³/mol. The summed E-state index contributed by atoms with van der Waals surface area (Å²) in [6, 6.07) is 8.66. The number of rotatable bonds is 5. The van der Waals surface area contributed by atoms with Crippen LogP contribution >= 0.6 is 11.5 Å². The van der Waals surface area contributed by atoms with E-state index in [1.165, 1.54) is 21.6 Å². The van der Waals surface area contributed by atoms with Crippen LogP contribution in [0.5, 0.6) is 0 Å². The van der Waals surface area contributed by atoms with Gasteiger partial charge in [-0.25, -0.2) is 0 Å². The Kier molecular flexibility index (Phi) is 3.98. The molecule has 6 heteroatoms. The molecule has 0 N–H and O–H groups in total. The standard InChI is InChI=1S/C15H18N4OS/c1-10(2)19(3)9-15-16-14(17-20-15)8-12-11-6-4-5-7-13(11)21-18-12/h4-7,10H,8-9H2,1-3H3. The largest absolute Gasteiger partial charge is 0.338 e. The summed E-state index contributed by atoms with van der Waals surface area (Å²) in [5.74, 6) is 1.35. The van der Waals surface area contributed by atoms with E-state index in [1.807, 2.05) is 19.2 Å². The van der Waals surface area contributed by atoms with Gasteiger partial charge in [0, 0.05) is 11.4 Å². The predicted octanol–water partition coefficient (Wildman–Crippen LogP) is 3.11. The molecule has 0 fully saturated rings. The highest BCUT2D eigenvalue weighted by atomic mass is 32.1. The Morgan fingerprint density at radius 2 is 2.10 bits per heavy atom. The molecule has 0 radical (unpaired) electrons. The van der Waals surface area contributed by atoms with Crippen molar-refractivity contribution >= 4 is 21.6 Å². The molecule has 0 unspecified atom stereocenters. The van der Waals surface area contributed by atoms with E-state index < -0.39 is 0 Å². The molecule has 0 saturated heterocycles. The molecular weight excluding hydrogens is 284 g/mol. The Morgan fingerprint density at radius 3 is 2.90 bits per heavy atom. The van der Waals surface area contributed by atoms with Crippen LogP contribution in [0.2, 0.25) is 0 Å². The summed E-state index contributed by atoms with van der Waals surface area (Å²) in [5, 5.41) is 5.24. The summed E-state index contributed by atoms with van der Waals surface area (Å²) >= 11 is 1.51. The second kappa shape index (κ2) is 5.91. The SMILES string of the molecule is CC(C)N(C)Cc1nc(Cc2nsc3ccccc23)no1. The van der Waals surface area contributed by atoms with Crippen molar-refractivity contribution in [3.8, 4) is 0 Å². The van der Waals surface area contributed by atoms with Gasteiger partial charge in [-0.3, -0.25) is 4.90 Å². The highest BCUT2D eigenvalue weighted by molar-refractivity contribution is 7.13. The maximum absolute atomic E-state index is 5.32. The molecule has 5 nitrogen and oxygen atoms in total. The lowest BCUT2D eigenvalue weighted by Gasteiger charge is -2.17. The maximum Gasteiger partial charge on any atom is 0.240 e. The molecule has 0 aliphatic carbocycles. The van der Waals surface area contributed by atoms with E-state index in [0.717, 1.165) is 5.69 Å². The minimum Gasteiger partial charge on any atom is -0.338 e. The fourth-order valence-electron chi connectivity index (χ4n) is 2.04. The first kappa shape index (κ1) is 14.2. The van der Waals surface area contributed by atoms with Gasteiger partial charge in [0.1, 0.15) is 0 Å². The minimum absolute atomic E-state index is 0.447. The topological polar surface area (TPSA) is 55.1 Å². The van der Waals surface area contributed by atoms with Gasteiger partial charge >= 0.3 is 0 Å². The van der Waals surface area contributed by atoms with Crippen LogP contribution in [-0.4, -0.2) is 32.5 Å². The van der Waals surface area contributed by atoms with Crippen molar-refractivity contribution in [2.24, 2.45) is 0 Å². The maximum atomic E-state index is 5.32. The average Bonchev–Trinajstić information content (AvgIpc) is 3.07. The van der Waals surface area contributed by atoms with Crippen LogP contribution in [0.3, 0.4) is 0 Å². The third kappa shape index (κ3) is 3.11. The van der Waals surface area contributed by atoms with E-state index in [2.05, 4.69) is 45.4 Å². The Hall–Kier alpha value is -1.79. The zero-order valence-electron chi connectivity index (χ0n) is 12.4. The average molecular weight is 302 g/mol. The molecule has 21 heavy (non-hydrogen) atoms. The lowest BCUT2D eigenvalue weighted by molar-refractivity contribution is 0.226. The van der Waals surface area contributed by atoms with Crippen LogP contribution in [-0.2, 0) is 13.0 Å². The lowest BCUT2D eigenvalue weighted by Crippen LogP contribution is -2.25. The number of hydrogen-bond acceptors (Lipinski definition) is 6. The summed E-state index contributed by atoms with van der Waals surface area (Å²) in [5.41, 5.74) is 1.01. The van der Waals surface area contributed by atoms with Gasteiger partial charge in [0.05, 0.1) is 23.4 Å². The van der Waals surface area contributed by atoms with Gasteiger partial charge in [0.25, 0.3) is 0 Å². The second-order valence-corrected chi connectivity index (χ2v) is 6.22. The third-order valence-corrected chi connectivity index (χ3v) is 4.42. The number of benzene rings is 1. The summed E-state index contributed by atoms with van der Waals surface area (Å²) in [6.07, 6.45) is 0.610. The van der Waals surface area contributed by atoms with Gasteiger partial charge < -0.3 is 4.52 Å². The van der Waals surface area contributed by atoms with Crippen LogP contribution < -0.4 is 0 Å². The van der Waals surface area contributed by atoms with Crippen LogP contribution in [0.1, 0.15) is 31.3 Å². The van der Waals surface area contributed by atoms with Gasteiger partial charge in [-0.2, -0.15) is 9.36 Å². The van der Waals surface area contributed by atoms with Crippen molar-refractivity contribution in [1.29, 1.82) is 0 Å². The van der Waals surface area contributed by atoms with E-state index in [9.17, 15) is 0 Å². The van der Waals surface area contributed by atoms with Crippen molar-refractivity contribution < 1.29 is 4.52 Å². The summed E-state index contributed by atoms with van der Waals surface area (Å²) < 4.78 is 11.0. The smallest absolute Gasteiger partial charge is 0.240 e. The quantitative estimate of drug-likeness (QED) is 0.725. The van der Waals surface area contributed by atoms with Crippen molar-refractivity contribution in [2.45, 2.75) is 32.9 Å². The molecule has 0 saturated carbocycles. The van der Waals surface area contributed by atoms with E-state index >= 15 is 0 Å². The zero-order valence-corrected chi connectivity index (χ0v) is 13.2. The van der Waals surface area contributed by atoms with Crippen LogP contribution in [0.25, 0.3) is 10.1 Å². The fourth-order valence-corrected chi connectivity index (χ4v) is 2.83. The van der Waals surface area contributed by atoms with E-state index in [-0.39, 0.29) is 0 Å². The first-order chi connectivity index (χ1) is 10.1. The fraction of sp³-hybridized carbons (Fsp3) is 0.400. The first-order valence-electron chi connectivity index (χ1n) is 6.98. The summed E-state index contributed by atoms with van der Waals surface area (Å²) in [6.45, 7) is 4.94. The lowest BCUT2D eigenvalue weighted by atomic mass is 10.2. The van der Waals surface area contributed by atoms with Gasteiger partial charge in [-0.05, 0) is 38.5 Å². The van der Waals surface area contributed by atoms with Gasteiger partial charge in [-0.1, -0.05) is 23.4 Å². The normalized spacial score (nSPS) is 11.9.